The Labute approximate surface area is 141 Å². The molecule has 4 aliphatic rings. The van der Waals surface area contributed by atoms with E-state index in [9.17, 15) is 5.11 Å². The SMILES string of the molecule is COC1C=C2CC[C@@H]3[C@H](CC[C@@]4(C)[C@H]3CCC4(C)O)[C@@]2(C)CC1. The molecule has 0 bridgehead atoms. The Hall–Kier alpha value is -0.340. The van der Waals surface area contributed by atoms with Gasteiger partial charge in [0.1, 0.15) is 0 Å². The first kappa shape index (κ1) is 16.1. The maximum absolute atomic E-state index is 11.0. The minimum absolute atomic E-state index is 0.148. The number of hydrogen-bond donors (Lipinski definition) is 1. The monoisotopic (exact) mass is 318 g/mol. The van der Waals surface area contributed by atoms with E-state index < -0.39 is 5.60 Å². The molecule has 3 fully saturated rings. The molecule has 3 saturated carbocycles. The number of rotatable bonds is 1. The average molecular weight is 319 g/mol. The third-order valence-electron chi connectivity index (χ3n) is 8.94. The van der Waals surface area contributed by atoms with Crippen molar-refractivity contribution in [1.82, 2.24) is 0 Å². The van der Waals surface area contributed by atoms with Crippen molar-refractivity contribution in [3.8, 4) is 0 Å². The summed E-state index contributed by atoms with van der Waals surface area (Å²) in [7, 11) is 1.85. The van der Waals surface area contributed by atoms with E-state index in [1.807, 2.05) is 7.11 Å². The lowest BCUT2D eigenvalue weighted by Gasteiger charge is -2.59. The van der Waals surface area contributed by atoms with Crippen LogP contribution in [0.5, 0.6) is 0 Å². The van der Waals surface area contributed by atoms with Crippen LogP contribution in [0.3, 0.4) is 0 Å². The molecule has 0 aromatic heterocycles. The molecule has 0 aromatic rings. The van der Waals surface area contributed by atoms with Crippen LogP contribution in [0.1, 0.15) is 72.1 Å². The van der Waals surface area contributed by atoms with Gasteiger partial charge in [0.15, 0.2) is 0 Å². The standard InChI is InChI=1S/C21H34O2/c1-19-10-7-15(23-4)13-14(19)5-6-16-17(19)8-11-20(2)18(16)9-12-21(20,3)22/h13,15-18,22H,5-12H2,1-4H3/t15?,16-,17+,18+,19+,20+,21?/m1/s1. The van der Waals surface area contributed by atoms with E-state index in [2.05, 4.69) is 26.8 Å². The second-order valence-corrected chi connectivity index (χ2v) is 9.61. The van der Waals surface area contributed by atoms with Gasteiger partial charge in [-0.05, 0) is 86.9 Å². The molecular formula is C21H34O2. The molecule has 2 nitrogen and oxygen atoms in total. The van der Waals surface area contributed by atoms with Gasteiger partial charge in [-0.2, -0.15) is 0 Å². The first-order valence-electron chi connectivity index (χ1n) is 9.78. The summed E-state index contributed by atoms with van der Waals surface area (Å²) in [5.74, 6) is 2.38. The lowest BCUT2D eigenvalue weighted by Crippen LogP contribution is -2.54. The molecule has 0 heterocycles. The van der Waals surface area contributed by atoms with Crippen molar-refractivity contribution in [3.63, 3.8) is 0 Å². The summed E-state index contributed by atoms with van der Waals surface area (Å²) in [6, 6.07) is 0. The highest BCUT2D eigenvalue weighted by Gasteiger charge is 2.62. The molecule has 0 saturated heterocycles. The van der Waals surface area contributed by atoms with Crippen LogP contribution in [0, 0.1) is 28.6 Å². The van der Waals surface area contributed by atoms with Gasteiger partial charge in [-0.3, -0.25) is 0 Å². The van der Waals surface area contributed by atoms with Crippen LogP contribution in [0.2, 0.25) is 0 Å². The van der Waals surface area contributed by atoms with Gasteiger partial charge in [0.2, 0.25) is 0 Å². The zero-order valence-corrected chi connectivity index (χ0v) is 15.4. The lowest BCUT2D eigenvalue weighted by atomic mass is 9.46. The Kier molecular flexibility index (Phi) is 3.57. The average Bonchev–Trinajstić information content (AvgIpc) is 2.77. The van der Waals surface area contributed by atoms with Gasteiger partial charge < -0.3 is 9.84 Å². The molecule has 0 amide bonds. The maximum Gasteiger partial charge on any atom is 0.0755 e. The normalized spacial score (nSPS) is 55.6. The van der Waals surface area contributed by atoms with E-state index in [4.69, 9.17) is 4.74 Å². The number of fused-ring (bicyclic) bond motifs is 5. The van der Waals surface area contributed by atoms with Crippen molar-refractivity contribution in [2.75, 3.05) is 7.11 Å². The van der Waals surface area contributed by atoms with Crippen molar-refractivity contribution < 1.29 is 9.84 Å². The molecule has 130 valence electrons. The van der Waals surface area contributed by atoms with Crippen molar-refractivity contribution >= 4 is 0 Å². The van der Waals surface area contributed by atoms with Crippen molar-refractivity contribution in [1.29, 1.82) is 0 Å². The molecule has 4 aliphatic carbocycles. The second kappa shape index (κ2) is 5.08. The van der Waals surface area contributed by atoms with Crippen molar-refractivity contribution in [2.24, 2.45) is 28.6 Å². The molecule has 4 rings (SSSR count). The second-order valence-electron chi connectivity index (χ2n) is 9.61. The molecule has 2 unspecified atom stereocenters. The minimum atomic E-state index is -0.451. The molecule has 2 heteroatoms. The number of ether oxygens (including phenoxy) is 1. The third kappa shape index (κ3) is 2.07. The quantitative estimate of drug-likeness (QED) is 0.709. The van der Waals surface area contributed by atoms with Gasteiger partial charge in [-0.15, -0.1) is 0 Å². The summed E-state index contributed by atoms with van der Waals surface area (Å²) in [6.45, 7) is 7.03. The molecule has 0 radical (unpaired) electrons. The molecule has 0 spiro atoms. The van der Waals surface area contributed by atoms with Gasteiger partial charge in [-0.25, -0.2) is 0 Å². The Morgan fingerprint density at radius 2 is 1.74 bits per heavy atom. The van der Waals surface area contributed by atoms with Gasteiger partial charge in [0, 0.05) is 7.11 Å². The summed E-state index contributed by atoms with van der Waals surface area (Å²) in [5.41, 5.74) is 1.78. The van der Waals surface area contributed by atoms with Gasteiger partial charge in [-0.1, -0.05) is 25.5 Å². The Morgan fingerprint density at radius 1 is 1.00 bits per heavy atom. The number of hydrogen-bond acceptors (Lipinski definition) is 2. The summed E-state index contributed by atoms with van der Waals surface area (Å²) in [5, 5.41) is 11.0. The van der Waals surface area contributed by atoms with E-state index in [1.54, 1.807) is 5.57 Å². The number of methoxy groups -OCH3 is 1. The smallest absolute Gasteiger partial charge is 0.0755 e. The first-order chi connectivity index (χ1) is 10.8. The van der Waals surface area contributed by atoms with Crippen molar-refractivity contribution in [3.05, 3.63) is 11.6 Å². The van der Waals surface area contributed by atoms with E-state index >= 15 is 0 Å². The van der Waals surface area contributed by atoms with E-state index in [0.29, 0.717) is 11.5 Å². The maximum atomic E-state index is 11.0. The largest absolute Gasteiger partial charge is 0.390 e. The van der Waals surface area contributed by atoms with Crippen LogP contribution < -0.4 is 0 Å². The topological polar surface area (TPSA) is 29.5 Å². The highest BCUT2D eigenvalue weighted by atomic mass is 16.5. The summed E-state index contributed by atoms with van der Waals surface area (Å²) >= 11 is 0. The van der Waals surface area contributed by atoms with Crippen molar-refractivity contribution in [2.45, 2.75) is 83.8 Å². The molecule has 7 atom stereocenters. The fraction of sp³-hybridized carbons (Fsp3) is 0.905. The Morgan fingerprint density at radius 3 is 2.48 bits per heavy atom. The van der Waals surface area contributed by atoms with Gasteiger partial charge >= 0.3 is 0 Å². The van der Waals surface area contributed by atoms with Crippen LogP contribution in [0.4, 0.5) is 0 Å². The van der Waals surface area contributed by atoms with Crippen LogP contribution in [0.15, 0.2) is 11.6 Å². The summed E-state index contributed by atoms with van der Waals surface area (Å²) < 4.78 is 5.62. The van der Waals surface area contributed by atoms with Crippen LogP contribution in [0.25, 0.3) is 0 Å². The predicted molar refractivity (Wildman–Crippen MR) is 93.1 cm³/mol. The first-order valence-corrected chi connectivity index (χ1v) is 9.78. The van der Waals surface area contributed by atoms with E-state index in [0.717, 1.165) is 24.2 Å². The van der Waals surface area contributed by atoms with Crippen LogP contribution >= 0.6 is 0 Å². The molecule has 1 N–H and O–H groups in total. The predicted octanol–water partition coefficient (Wildman–Crippen LogP) is 4.72. The Bertz CT molecular complexity index is 522. The highest BCUT2D eigenvalue weighted by molar-refractivity contribution is 5.26. The fourth-order valence-corrected chi connectivity index (χ4v) is 7.13. The molecule has 0 aromatic carbocycles. The van der Waals surface area contributed by atoms with Gasteiger partial charge in [0.05, 0.1) is 11.7 Å². The van der Waals surface area contributed by atoms with E-state index in [1.165, 1.54) is 44.9 Å². The van der Waals surface area contributed by atoms with Gasteiger partial charge in [0.25, 0.3) is 0 Å². The zero-order chi connectivity index (χ0) is 16.5. The minimum Gasteiger partial charge on any atom is -0.390 e. The highest BCUT2D eigenvalue weighted by Crippen LogP contribution is 2.67. The fourth-order valence-electron chi connectivity index (χ4n) is 7.13. The molecule has 23 heavy (non-hydrogen) atoms. The summed E-state index contributed by atoms with van der Waals surface area (Å²) in [6.07, 6.45) is 12.6. The zero-order valence-electron chi connectivity index (χ0n) is 15.4. The number of allylic oxidation sites excluding steroid dienone is 1. The van der Waals surface area contributed by atoms with Crippen LogP contribution in [-0.2, 0) is 4.74 Å². The molecule has 0 aliphatic heterocycles. The lowest BCUT2D eigenvalue weighted by molar-refractivity contribution is -0.119. The third-order valence-corrected chi connectivity index (χ3v) is 8.94. The van der Waals surface area contributed by atoms with E-state index in [-0.39, 0.29) is 5.41 Å². The Balaban J connectivity index is 1.66. The summed E-state index contributed by atoms with van der Waals surface area (Å²) in [4.78, 5) is 0. The number of aliphatic hydroxyl groups is 1. The molecular weight excluding hydrogens is 284 g/mol. The van der Waals surface area contributed by atoms with Crippen LogP contribution in [-0.4, -0.2) is 23.9 Å².